The van der Waals surface area contributed by atoms with Crippen LogP contribution in [0.1, 0.15) is 28.9 Å². The Morgan fingerprint density at radius 3 is 2.67 bits per heavy atom. The Morgan fingerprint density at radius 1 is 1.21 bits per heavy atom. The standard InChI is InChI=1S/C17H14F2N2O2S/c1-10(11-2-5-13(6-3-11)23-17(18)19)21-16(22)12-4-7-14-15(8-12)24-9-20-14/h2-10,17H,1H3,(H,21,22). The van der Waals surface area contributed by atoms with Gasteiger partial charge in [0.1, 0.15) is 5.75 Å². The van der Waals surface area contributed by atoms with Crippen molar-refractivity contribution in [2.75, 3.05) is 0 Å². The number of fused-ring (bicyclic) bond motifs is 1. The number of nitrogens with zero attached hydrogens (tertiary/aromatic N) is 1. The summed E-state index contributed by atoms with van der Waals surface area (Å²) in [7, 11) is 0. The number of benzene rings is 2. The lowest BCUT2D eigenvalue weighted by molar-refractivity contribution is -0.0498. The van der Waals surface area contributed by atoms with Crippen LogP contribution in [-0.4, -0.2) is 17.5 Å². The van der Waals surface area contributed by atoms with Crippen LogP contribution < -0.4 is 10.1 Å². The molecule has 0 saturated heterocycles. The molecule has 2 aromatic carbocycles. The Labute approximate surface area is 141 Å². The van der Waals surface area contributed by atoms with E-state index in [-0.39, 0.29) is 17.7 Å². The van der Waals surface area contributed by atoms with E-state index in [4.69, 9.17) is 0 Å². The Morgan fingerprint density at radius 2 is 1.96 bits per heavy atom. The van der Waals surface area contributed by atoms with Crippen molar-refractivity contribution < 1.29 is 18.3 Å². The highest BCUT2D eigenvalue weighted by Crippen LogP contribution is 2.21. The number of rotatable bonds is 5. The summed E-state index contributed by atoms with van der Waals surface area (Å²) in [5, 5.41) is 2.89. The van der Waals surface area contributed by atoms with Gasteiger partial charge in [0.15, 0.2) is 0 Å². The van der Waals surface area contributed by atoms with Crippen LogP contribution in [0, 0.1) is 0 Å². The SMILES string of the molecule is CC(NC(=O)c1ccc2ncsc2c1)c1ccc(OC(F)F)cc1. The first kappa shape index (κ1) is 16.3. The minimum absolute atomic E-state index is 0.0860. The smallest absolute Gasteiger partial charge is 0.387 e. The number of nitrogens with one attached hydrogen (secondary N) is 1. The number of amides is 1. The van der Waals surface area contributed by atoms with E-state index in [0.29, 0.717) is 5.56 Å². The van der Waals surface area contributed by atoms with E-state index >= 15 is 0 Å². The lowest BCUT2D eigenvalue weighted by Crippen LogP contribution is -2.26. The molecule has 0 fully saturated rings. The molecule has 7 heteroatoms. The molecular formula is C17H14F2N2O2S. The Bertz CT molecular complexity index is 849. The van der Waals surface area contributed by atoms with Gasteiger partial charge < -0.3 is 10.1 Å². The second kappa shape index (κ2) is 6.92. The van der Waals surface area contributed by atoms with Crippen molar-refractivity contribution in [1.29, 1.82) is 0 Å². The average Bonchev–Trinajstić information content (AvgIpc) is 3.02. The maximum absolute atomic E-state index is 12.4. The predicted molar refractivity (Wildman–Crippen MR) is 88.6 cm³/mol. The molecule has 1 amide bonds. The third kappa shape index (κ3) is 3.68. The van der Waals surface area contributed by atoms with Crippen molar-refractivity contribution in [3.05, 3.63) is 59.1 Å². The summed E-state index contributed by atoms with van der Waals surface area (Å²) in [4.78, 5) is 16.5. The van der Waals surface area contributed by atoms with E-state index in [9.17, 15) is 13.6 Å². The number of halogens is 2. The minimum atomic E-state index is -2.85. The van der Waals surface area contributed by atoms with E-state index < -0.39 is 6.61 Å². The Kier molecular flexibility index (Phi) is 4.71. The van der Waals surface area contributed by atoms with Gasteiger partial charge in [0.05, 0.1) is 21.8 Å². The first-order chi connectivity index (χ1) is 11.5. The molecule has 1 unspecified atom stereocenters. The van der Waals surface area contributed by atoms with Gasteiger partial charge in [-0.1, -0.05) is 12.1 Å². The summed E-state index contributed by atoms with van der Waals surface area (Å²) in [5.74, 6) is -0.117. The van der Waals surface area contributed by atoms with Crippen molar-refractivity contribution in [3.8, 4) is 5.75 Å². The van der Waals surface area contributed by atoms with Gasteiger partial charge in [-0.3, -0.25) is 4.79 Å². The molecule has 0 aliphatic carbocycles. The summed E-state index contributed by atoms with van der Waals surface area (Å²) >= 11 is 1.47. The fourth-order valence-corrected chi connectivity index (χ4v) is 3.01. The maximum atomic E-state index is 12.4. The summed E-state index contributed by atoms with van der Waals surface area (Å²) in [6.07, 6.45) is 0. The average molecular weight is 348 g/mol. The van der Waals surface area contributed by atoms with Crippen molar-refractivity contribution in [2.24, 2.45) is 0 Å². The summed E-state index contributed by atoms with van der Waals surface area (Å²) in [6.45, 7) is -1.03. The molecule has 0 radical (unpaired) electrons. The van der Waals surface area contributed by atoms with E-state index in [1.807, 2.05) is 13.0 Å². The Balaban J connectivity index is 1.69. The van der Waals surface area contributed by atoms with Crippen molar-refractivity contribution >= 4 is 27.5 Å². The van der Waals surface area contributed by atoms with Crippen LogP contribution in [0.15, 0.2) is 48.0 Å². The van der Waals surface area contributed by atoms with Crippen LogP contribution in [0.4, 0.5) is 8.78 Å². The number of thiazole rings is 1. The third-order valence-electron chi connectivity index (χ3n) is 3.55. The second-order valence-electron chi connectivity index (χ2n) is 5.18. The van der Waals surface area contributed by atoms with Crippen LogP contribution in [0.25, 0.3) is 10.2 Å². The molecule has 0 aliphatic heterocycles. The van der Waals surface area contributed by atoms with E-state index in [2.05, 4.69) is 15.0 Å². The number of carbonyl (C=O) groups is 1. The summed E-state index contributed by atoms with van der Waals surface area (Å²) < 4.78 is 29.5. The first-order valence-electron chi connectivity index (χ1n) is 7.22. The molecule has 1 N–H and O–H groups in total. The zero-order chi connectivity index (χ0) is 17.1. The van der Waals surface area contributed by atoms with Gasteiger partial charge in [-0.05, 0) is 42.8 Å². The van der Waals surface area contributed by atoms with Crippen LogP contribution in [0.3, 0.4) is 0 Å². The van der Waals surface area contributed by atoms with Crippen LogP contribution in [0.2, 0.25) is 0 Å². The van der Waals surface area contributed by atoms with Crippen LogP contribution in [0.5, 0.6) is 5.75 Å². The third-order valence-corrected chi connectivity index (χ3v) is 4.34. The van der Waals surface area contributed by atoms with E-state index in [1.165, 1.54) is 23.5 Å². The molecule has 0 aliphatic rings. The quantitative estimate of drug-likeness (QED) is 0.744. The molecule has 1 heterocycles. The summed E-state index contributed by atoms with van der Waals surface area (Å²) in [6, 6.07) is 11.3. The number of hydrogen-bond acceptors (Lipinski definition) is 4. The number of hydrogen-bond donors (Lipinski definition) is 1. The van der Waals surface area contributed by atoms with Crippen molar-refractivity contribution in [1.82, 2.24) is 10.3 Å². The molecule has 24 heavy (non-hydrogen) atoms. The number of alkyl halides is 2. The predicted octanol–water partition coefficient (Wildman–Crippen LogP) is 4.39. The normalized spacial score (nSPS) is 12.3. The fraction of sp³-hybridized carbons (Fsp3) is 0.176. The minimum Gasteiger partial charge on any atom is -0.435 e. The second-order valence-corrected chi connectivity index (χ2v) is 6.06. The molecular weight excluding hydrogens is 334 g/mol. The Hall–Kier alpha value is -2.54. The lowest BCUT2D eigenvalue weighted by atomic mass is 10.1. The molecule has 0 saturated carbocycles. The van der Waals surface area contributed by atoms with E-state index in [0.717, 1.165) is 15.8 Å². The zero-order valence-corrected chi connectivity index (χ0v) is 13.5. The van der Waals surface area contributed by atoms with Crippen molar-refractivity contribution in [3.63, 3.8) is 0 Å². The monoisotopic (exact) mass is 348 g/mol. The summed E-state index contributed by atoms with van der Waals surface area (Å²) in [5.41, 5.74) is 3.94. The number of ether oxygens (including phenoxy) is 1. The van der Waals surface area contributed by atoms with Gasteiger partial charge in [0, 0.05) is 5.56 Å². The highest BCUT2D eigenvalue weighted by atomic mass is 32.1. The zero-order valence-electron chi connectivity index (χ0n) is 12.7. The van der Waals surface area contributed by atoms with E-state index in [1.54, 1.807) is 29.8 Å². The molecule has 1 aromatic heterocycles. The molecule has 124 valence electrons. The molecule has 1 atom stereocenters. The maximum Gasteiger partial charge on any atom is 0.387 e. The molecule has 0 spiro atoms. The van der Waals surface area contributed by atoms with Gasteiger partial charge in [-0.25, -0.2) is 4.98 Å². The molecule has 4 nitrogen and oxygen atoms in total. The van der Waals surface area contributed by atoms with Crippen molar-refractivity contribution in [2.45, 2.75) is 19.6 Å². The molecule has 0 bridgehead atoms. The topological polar surface area (TPSA) is 51.2 Å². The number of aromatic nitrogens is 1. The van der Waals surface area contributed by atoms with Gasteiger partial charge >= 0.3 is 6.61 Å². The lowest BCUT2D eigenvalue weighted by Gasteiger charge is -2.15. The largest absolute Gasteiger partial charge is 0.435 e. The van der Waals surface area contributed by atoms with Crippen LogP contribution >= 0.6 is 11.3 Å². The van der Waals surface area contributed by atoms with Gasteiger partial charge in [0.2, 0.25) is 0 Å². The van der Waals surface area contributed by atoms with Gasteiger partial charge in [0.25, 0.3) is 5.91 Å². The van der Waals surface area contributed by atoms with Crippen LogP contribution in [-0.2, 0) is 0 Å². The highest BCUT2D eigenvalue weighted by molar-refractivity contribution is 7.16. The first-order valence-corrected chi connectivity index (χ1v) is 8.10. The number of carbonyl (C=O) groups excluding carboxylic acids is 1. The van der Waals surface area contributed by atoms with Gasteiger partial charge in [-0.2, -0.15) is 8.78 Å². The molecule has 3 aromatic rings. The fourth-order valence-electron chi connectivity index (χ4n) is 2.30. The highest BCUT2D eigenvalue weighted by Gasteiger charge is 2.13. The molecule has 3 rings (SSSR count). The van der Waals surface area contributed by atoms with Gasteiger partial charge in [-0.15, -0.1) is 11.3 Å².